The van der Waals surface area contributed by atoms with Crippen molar-refractivity contribution >= 4 is 0 Å². The van der Waals surface area contributed by atoms with E-state index in [1.807, 2.05) is 45.2 Å². The molecule has 0 bridgehead atoms. The summed E-state index contributed by atoms with van der Waals surface area (Å²) < 4.78 is 7.33. The van der Waals surface area contributed by atoms with Crippen LogP contribution in [0.1, 0.15) is 45.0 Å². The molecule has 0 aliphatic heterocycles. The molecule has 0 saturated heterocycles. The highest BCUT2D eigenvalue weighted by molar-refractivity contribution is 5.68. The molecule has 7 heteroatoms. The Balaban J connectivity index is 1.62. The molecular weight excluding hydrogens is 414 g/mol. The predicted molar refractivity (Wildman–Crippen MR) is 130 cm³/mol. The van der Waals surface area contributed by atoms with Crippen molar-refractivity contribution in [2.24, 2.45) is 0 Å². The van der Waals surface area contributed by atoms with Crippen LogP contribution < -0.4 is 10.9 Å². The molecule has 3 aromatic heterocycles. The molecular formula is C26H29N5O2. The van der Waals surface area contributed by atoms with E-state index in [4.69, 9.17) is 9.51 Å². The van der Waals surface area contributed by atoms with Gasteiger partial charge in [-0.3, -0.25) is 9.78 Å². The largest absolute Gasteiger partial charge is 0.354 e. The molecule has 0 spiro atoms. The van der Waals surface area contributed by atoms with Gasteiger partial charge in [0, 0.05) is 48.1 Å². The lowest BCUT2D eigenvalue weighted by atomic mass is 10.1. The van der Waals surface area contributed by atoms with Gasteiger partial charge >= 0.3 is 0 Å². The van der Waals surface area contributed by atoms with Gasteiger partial charge in [-0.2, -0.15) is 0 Å². The van der Waals surface area contributed by atoms with Gasteiger partial charge in [0.25, 0.3) is 5.56 Å². The minimum absolute atomic E-state index is 0.0417. The number of nitrogens with one attached hydrogen (secondary N) is 1. The van der Waals surface area contributed by atoms with E-state index < -0.39 is 0 Å². The van der Waals surface area contributed by atoms with Gasteiger partial charge < -0.3 is 14.4 Å². The van der Waals surface area contributed by atoms with Crippen molar-refractivity contribution in [3.63, 3.8) is 0 Å². The average molecular weight is 444 g/mol. The normalized spacial score (nSPS) is 11.5. The number of aryl methyl sites for hydroxylation is 1. The Kier molecular flexibility index (Phi) is 6.51. The fraction of sp³-hybridized carbons (Fsp3) is 0.308. The van der Waals surface area contributed by atoms with Crippen LogP contribution in [0.4, 0.5) is 0 Å². The van der Waals surface area contributed by atoms with Gasteiger partial charge in [-0.25, -0.2) is 4.98 Å². The van der Waals surface area contributed by atoms with E-state index in [1.165, 1.54) is 5.56 Å². The first-order valence-electron chi connectivity index (χ1n) is 11.2. The van der Waals surface area contributed by atoms with E-state index in [1.54, 1.807) is 22.9 Å². The fourth-order valence-corrected chi connectivity index (χ4v) is 3.52. The third-order valence-corrected chi connectivity index (χ3v) is 5.45. The number of rotatable bonds is 7. The van der Waals surface area contributed by atoms with Crippen molar-refractivity contribution in [2.45, 2.75) is 53.2 Å². The highest BCUT2D eigenvalue weighted by atomic mass is 16.5. The molecule has 3 heterocycles. The van der Waals surface area contributed by atoms with Gasteiger partial charge in [-0.15, -0.1) is 0 Å². The lowest BCUT2D eigenvalue weighted by Crippen LogP contribution is -2.21. The van der Waals surface area contributed by atoms with Crippen molar-refractivity contribution in [3.05, 3.63) is 76.5 Å². The number of nitrogens with zero attached hydrogens (tertiary/aromatic N) is 4. The SMILES string of the molecule is Cc1ncc(-c2ccc(=O)n(C(C)C)c2)nc1-c1cc(-c2ccc(CNC(C)C)cc2)no1. The standard InChI is InChI=1S/C26H29N5O2/c1-16(2)27-13-19-6-8-20(9-7-19)22-12-24(33-30-22)26-18(5)28-14-23(29-26)21-10-11-25(32)31(15-21)17(3)4/h6-12,14-17,27H,13H2,1-5H3. The van der Waals surface area contributed by atoms with Crippen molar-refractivity contribution < 1.29 is 4.52 Å². The van der Waals surface area contributed by atoms with Gasteiger partial charge in [0.2, 0.25) is 0 Å². The first kappa shape index (κ1) is 22.6. The summed E-state index contributed by atoms with van der Waals surface area (Å²) in [7, 11) is 0. The molecule has 4 aromatic rings. The Morgan fingerprint density at radius 1 is 1.00 bits per heavy atom. The minimum atomic E-state index is -0.0417. The first-order valence-corrected chi connectivity index (χ1v) is 11.2. The number of hydrogen-bond acceptors (Lipinski definition) is 6. The van der Waals surface area contributed by atoms with Crippen LogP contribution in [0.5, 0.6) is 0 Å². The summed E-state index contributed by atoms with van der Waals surface area (Å²) in [6, 6.07) is 14.0. The first-order chi connectivity index (χ1) is 15.8. The second kappa shape index (κ2) is 9.50. The van der Waals surface area contributed by atoms with Crippen LogP contribution in [-0.4, -0.2) is 25.7 Å². The van der Waals surface area contributed by atoms with Crippen molar-refractivity contribution in [1.82, 2.24) is 25.0 Å². The smallest absolute Gasteiger partial charge is 0.250 e. The van der Waals surface area contributed by atoms with E-state index in [0.717, 1.165) is 29.1 Å². The van der Waals surface area contributed by atoms with Crippen LogP contribution in [0.25, 0.3) is 34.0 Å². The van der Waals surface area contributed by atoms with Crippen LogP contribution in [0, 0.1) is 6.92 Å². The molecule has 0 atom stereocenters. The average Bonchev–Trinajstić information content (AvgIpc) is 3.28. The molecule has 0 radical (unpaired) electrons. The summed E-state index contributed by atoms with van der Waals surface area (Å²) in [6.45, 7) is 10.9. The Hall–Kier alpha value is -3.58. The zero-order valence-electron chi connectivity index (χ0n) is 19.7. The summed E-state index contributed by atoms with van der Waals surface area (Å²) in [5, 5.41) is 7.67. The zero-order valence-corrected chi connectivity index (χ0v) is 19.7. The molecule has 0 fully saturated rings. The number of hydrogen-bond donors (Lipinski definition) is 1. The maximum absolute atomic E-state index is 12.1. The molecule has 0 amide bonds. The van der Waals surface area contributed by atoms with Crippen LogP contribution in [0.15, 0.2) is 64.2 Å². The zero-order chi connectivity index (χ0) is 23.5. The molecule has 0 aliphatic carbocycles. The molecule has 1 N–H and O–H groups in total. The molecule has 170 valence electrons. The van der Waals surface area contributed by atoms with Crippen LogP contribution in [-0.2, 0) is 6.54 Å². The van der Waals surface area contributed by atoms with Gasteiger partial charge in [-0.05, 0) is 32.4 Å². The third kappa shape index (κ3) is 5.09. The van der Waals surface area contributed by atoms with Crippen LogP contribution in [0.3, 0.4) is 0 Å². The number of benzene rings is 1. The van der Waals surface area contributed by atoms with Crippen LogP contribution in [0.2, 0.25) is 0 Å². The van der Waals surface area contributed by atoms with E-state index in [2.05, 4.69) is 41.4 Å². The molecule has 33 heavy (non-hydrogen) atoms. The second-order valence-electron chi connectivity index (χ2n) is 8.76. The summed E-state index contributed by atoms with van der Waals surface area (Å²) >= 11 is 0. The molecule has 0 unspecified atom stereocenters. The van der Waals surface area contributed by atoms with Gasteiger partial charge in [0.15, 0.2) is 5.76 Å². The summed E-state index contributed by atoms with van der Waals surface area (Å²) in [6.07, 6.45) is 3.53. The quantitative estimate of drug-likeness (QED) is 0.432. The van der Waals surface area contributed by atoms with Crippen molar-refractivity contribution in [3.8, 4) is 34.0 Å². The Bertz CT molecular complexity index is 1300. The molecule has 0 aliphatic rings. The fourth-order valence-electron chi connectivity index (χ4n) is 3.52. The molecule has 7 nitrogen and oxygen atoms in total. The van der Waals surface area contributed by atoms with E-state index >= 15 is 0 Å². The van der Waals surface area contributed by atoms with Gasteiger partial charge in [-0.1, -0.05) is 43.3 Å². The van der Waals surface area contributed by atoms with E-state index in [-0.39, 0.29) is 11.6 Å². The van der Waals surface area contributed by atoms with Crippen molar-refractivity contribution in [1.29, 1.82) is 0 Å². The van der Waals surface area contributed by atoms with Crippen LogP contribution >= 0.6 is 0 Å². The van der Waals surface area contributed by atoms with E-state index in [0.29, 0.717) is 23.2 Å². The topological polar surface area (TPSA) is 85.8 Å². The Morgan fingerprint density at radius 2 is 1.73 bits per heavy atom. The minimum Gasteiger partial charge on any atom is -0.354 e. The lowest BCUT2D eigenvalue weighted by molar-refractivity contribution is 0.433. The summed E-state index contributed by atoms with van der Waals surface area (Å²) in [4.78, 5) is 21.4. The maximum atomic E-state index is 12.1. The molecule has 4 rings (SSSR count). The Morgan fingerprint density at radius 3 is 2.42 bits per heavy atom. The maximum Gasteiger partial charge on any atom is 0.250 e. The van der Waals surface area contributed by atoms with Crippen molar-refractivity contribution in [2.75, 3.05) is 0 Å². The second-order valence-corrected chi connectivity index (χ2v) is 8.76. The molecule has 1 aromatic carbocycles. The van der Waals surface area contributed by atoms with Gasteiger partial charge in [0.1, 0.15) is 11.4 Å². The lowest BCUT2D eigenvalue weighted by Gasteiger charge is -2.11. The number of pyridine rings is 1. The summed E-state index contributed by atoms with van der Waals surface area (Å²) in [5.74, 6) is 0.555. The van der Waals surface area contributed by atoms with E-state index in [9.17, 15) is 4.79 Å². The van der Waals surface area contributed by atoms with Gasteiger partial charge in [0.05, 0.1) is 17.6 Å². The predicted octanol–water partition coefficient (Wildman–Crippen LogP) is 5.01. The Labute approximate surface area is 193 Å². The number of aromatic nitrogens is 4. The highest BCUT2D eigenvalue weighted by Gasteiger charge is 2.15. The monoisotopic (exact) mass is 443 g/mol. The third-order valence-electron chi connectivity index (χ3n) is 5.45. The highest BCUT2D eigenvalue weighted by Crippen LogP contribution is 2.28. The summed E-state index contributed by atoms with van der Waals surface area (Å²) in [5.41, 5.74) is 5.76. The molecule has 0 saturated carbocycles.